The maximum absolute atomic E-state index is 14.4. The van der Waals surface area contributed by atoms with Crippen LogP contribution in [0, 0.1) is 12.7 Å². The smallest absolute Gasteiger partial charge is 0.273 e. The van der Waals surface area contributed by atoms with E-state index in [9.17, 15) is 14.0 Å². The quantitative estimate of drug-likeness (QED) is 0.265. The molecule has 3 N–H and O–H groups in total. The number of hydrogen-bond acceptors (Lipinski definition) is 6. The fraction of sp³-hybridized carbons (Fsp3) is 0.258. The van der Waals surface area contributed by atoms with Crippen LogP contribution < -0.4 is 20.7 Å². The molecule has 4 aromatic rings. The molecule has 0 bridgehead atoms. The third-order valence-corrected chi connectivity index (χ3v) is 8.12. The van der Waals surface area contributed by atoms with Gasteiger partial charge >= 0.3 is 0 Å². The van der Waals surface area contributed by atoms with E-state index in [0.717, 1.165) is 42.8 Å². The lowest BCUT2D eigenvalue weighted by atomic mass is 10.0. The number of nitrogens with two attached hydrogens (primary N) is 1. The van der Waals surface area contributed by atoms with Gasteiger partial charge in [-0.3, -0.25) is 14.5 Å². The first-order valence-corrected chi connectivity index (χ1v) is 14.0. The van der Waals surface area contributed by atoms with Gasteiger partial charge in [-0.05, 0) is 84.9 Å². The van der Waals surface area contributed by atoms with Crippen LogP contribution in [0.1, 0.15) is 52.5 Å². The van der Waals surface area contributed by atoms with Gasteiger partial charge in [0.15, 0.2) is 0 Å². The van der Waals surface area contributed by atoms with Gasteiger partial charge in [0.05, 0.1) is 12.8 Å². The van der Waals surface area contributed by atoms with E-state index in [2.05, 4.69) is 9.69 Å². The molecule has 1 fully saturated rings. The molecule has 0 aliphatic heterocycles. The van der Waals surface area contributed by atoms with Crippen LogP contribution >= 0.6 is 11.5 Å². The summed E-state index contributed by atoms with van der Waals surface area (Å²) in [7, 11) is 1.58. The van der Waals surface area contributed by atoms with Crippen LogP contribution in [0.4, 0.5) is 15.8 Å². The number of para-hydroxylation sites is 1. The van der Waals surface area contributed by atoms with Gasteiger partial charge in [0.25, 0.3) is 5.91 Å². The first kappa shape index (κ1) is 27.3. The number of anilines is 2. The predicted molar refractivity (Wildman–Crippen MR) is 156 cm³/mol. The molecule has 1 heterocycles. The van der Waals surface area contributed by atoms with Crippen molar-refractivity contribution < 1.29 is 18.7 Å². The summed E-state index contributed by atoms with van der Waals surface area (Å²) in [6.07, 6.45) is 3.93. The van der Waals surface area contributed by atoms with Crippen LogP contribution in [0.5, 0.6) is 5.75 Å². The van der Waals surface area contributed by atoms with Crippen LogP contribution in [0.3, 0.4) is 0 Å². The highest BCUT2D eigenvalue weighted by Gasteiger charge is 2.37. The lowest BCUT2D eigenvalue weighted by molar-refractivity contribution is -0.123. The fourth-order valence-electron chi connectivity index (χ4n) is 5.13. The lowest BCUT2D eigenvalue weighted by Crippen LogP contribution is -2.46. The summed E-state index contributed by atoms with van der Waals surface area (Å²) in [4.78, 5) is 30.2. The zero-order valence-corrected chi connectivity index (χ0v) is 23.2. The fourth-order valence-corrected chi connectivity index (χ4v) is 5.89. The molecular formula is C31H31FN4O3S. The summed E-state index contributed by atoms with van der Waals surface area (Å²) in [5.41, 5.74) is 9.73. The van der Waals surface area contributed by atoms with Crippen LogP contribution in [0.2, 0.25) is 0 Å². The SMILES string of the molecule is COc1ccc([C@@H](C(=O)NC2CCCC2)N(C(=O)c2snc(-c3ccc(F)cc3)c2N)c2ccccc2C)cc1. The summed E-state index contributed by atoms with van der Waals surface area (Å²) in [5.74, 6) is -0.450. The van der Waals surface area contributed by atoms with Gasteiger partial charge in [0, 0.05) is 17.3 Å². The zero-order chi connectivity index (χ0) is 28.2. The van der Waals surface area contributed by atoms with Crippen LogP contribution in [-0.2, 0) is 4.79 Å². The number of carbonyl (C=O) groups is 2. The summed E-state index contributed by atoms with van der Waals surface area (Å²) >= 11 is 0.964. The second-order valence-corrected chi connectivity index (χ2v) is 10.7. The molecule has 1 atom stereocenters. The number of rotatable bonds is 8. The summed E-state index contributed by atoms with van der Waals surface area (Å²) in [5, 5.41) is 3.19. The van der Waals surface area contributed by atoms with Gasteiger partial charge in [0.1, 0.15) is 28.2 Å². The third kappa shape index (κ3) is 5.56. The number of carbonyl (C=O) groups excluding carboxylic acids is 2. The Bertz CT molecular complexity index is 1500. The Morgan fingerprint density at radius 3 is 2.38 bits per heavy atom. The van der Waals surface area contributed by atoms with Crippen molar-refractivity contribution >= 4 is 34.7 Å². The van der Waals surface area contributed by atoms with E-state index in [1.807, 2.05) is 31.2 Å². The van der Waals surface area contributed by atoms with Gasteiger partial charge < -0.3 is 15.8 Å². The number of aryl methyl sites for hydroxylation is 1. The Kier molecular flexibility index (Phi) is 8.11. The van der Waals surface area contributed by atoms with Crippen LogP contribution in [0.25, 0.3) is 11.3 Å². The van der Waals surface area contributed by atoms with Gasteiger partial charge in [0.2, 0.25) is 5.91 Å². The average molecular weight is 559 g/mol. The maximum atomic E-state index is 14.4. The van der Waals surface area contributed by atoms with E-state index in [-0.39, 0.29) is 28.3 Å². The van der Waals surface area contributed by atoms with E-state index in [4.69, 9.17) is 10.5 Å². The van der Waals surface area contributed by atoms with Crippen LogP contribution in [0.15, 0.2) is 72.8 Å². The molecule has 1 aliphatic rings. The first-order valence-electron chi connectivity index (χ1n) is 13.2. The molecule has 206 valence electrons. The molecule has 2 amide bonds. The molecule has 7 nitrogen and oxygen atoms in total. The van der Waals surface area contributed by atoms with E-state index in [0.29, 0.717) is 28.3 Å². The molecule has 1 saturated carbocycles. The second kappa shape index (κ2) is 11.9. The van der Waals surface area contributed by atoms with Crippen molar-refractivity contribution in [2.45, 2.75) is 44.7 Å². The number of nitrogens with one attached hydrogen (secondary N) is 1. The van der Waals surface area contributed by atoms with Gasteiger partial charge in [-0.2, -0.15) is 4.37 Å². The van der Waals surface area contributed by atoms with E-state index >= 15 is 0 Å². The Morgan fingerprint density at radius 2 is 1.73 bits per heavy atom. The second-order valence-electron chi connectivity index (χ2n) is 9.91. The molecule has 0 unspecified atom stereocenters. The number of halogens is 1. The molecule has 5 rings (SSSR count). The van der Waals surface area contributed by atoms with E-state index in [1.54, 1.807) is 43.5 Å². The molecule has 1 aliphatic carbocycles. The Balaban J connectivity index is 1.62. The molecule has 0 radical (unpaired) electrons. The molecule has 3 aromatic carbocycles. The van der Waals surface area contributed by atoms with Gasteiger partial charge in [-0.15, -0.1) is 0 Å². The highest BCUT2D eigenvalue weighted by Crippen LogP contribution is 2.37. The number of benzene rings is 3. The normalized spacial score (nSPS) is 14.1. The lowest BCUT2D eigenvalue weighted by Gasteiger charge is -2.33. The van der Waals surface area contributed by atoms with Crippen molar-refractivity contribution in [3.63, 3.8) is 0 Å². The standard InChI is InChI=1S/C31H31FN4O3S/c1-19-7-3-6-10-25(19)36(31(38)29-26(33)27(35-40-29)20-11-15-22(32)16-12-20)28(21-13-17-24(39-2)18-14-21)30(37)34-23-8-4-5-9-23/h3,6-7,10-18,23,28H,4-5,8-9,33H2,1-2H3,(H,34,37)/t28-/m0/s1. The number of nitrogen functional groups attached to an aromatic ring is 1. The van der Waals surface area contributed by atoms with Crippen molar-refractivity contribution in [1.29, 1.82) is 0 Å². The summed E-state index contributed by atoms with van der Waals surface area (Å²) < 4.78 is 23.3. The zero-order valence-electron chi connectivity index (χ0n) is 22.4. The minimum atomic E-state index is -0.976. The molecule has 0 spiro atoms. The summed E-state index contributed by atoms with van der Waals surface area (Å²) in [6.45, 7) is 1.90. The summed E-state index contributed by atoms with van der Waals surface area (Å²) in [6, 6.07) is 19.5. The maximum Gasteiger partial charge on any atom is 0.273 e. The highest BCUT2D eigenvalue weighted by molar-refractivity contribution is 7.09. The number of nitrogens with zero attached hydrogens (tertiary/aromatic N) is 2. The number of amides is 2. The highest BCUT2D eigenvalue weighted by atomic mass is 32.1. The number of aromatic nitrogens is 1. The van der Waals surface area contributed by atoms with Crippen molar-refractivity contribution in [2.75, 3.05) is 17.7 Å². The van der Waals surface area contributed by atoms with Crippen molar-refractivity contribution in [1.82, 2.24) is 9.69 Å². The van der Waals surface area contributed by atoms with Gasteiger partial charge in [-0.25, -0.2) is 4.39 Å². The Hall–Kier alpha value is -4.24. The van der Waals surface area contributed by atoms with Crippen molar-refractivity contribution in [3.8, 4) is 17.0 Å². The largest absolute Gasteiger partial charge is 0.497 e. The number of ether oxygens (including phenoxy) is 1. The minimum Gasteiger partial charge on any atom is -0.497 e. The number of methoxy groups -OCH3 is 1. The molecular weight excluding hydrogens is 527 g/mol. The predicted octanol–water partition coefficient (Wildman–Crippen LogP) is 6.30. The first-order chi connectivity index (χ1) is 19.4. The van der Waals surface area contributed by atoms with Crippen molar-refractivity contribution in [3.05, 3.63) is 94.6 Å². The van der Waals surface area contributed by atoms with E-state index in [1.165, 1.54) is 17.0 Å². The molecule has 1 aromatic heterocycles. The van der Waals surface area contributed by atoms with E-state index < -0.39 is 11.9 Å². The van der Waals surface area contributed by atoms with Crippen LogP contribution in [-0.4, -0.2) is 29.3 Å². The third-order valence-electron chi connectivity index (χ3n) is 7.27. The van der Waals surface area contributed by atoms with Gasteiger partial charge in [-0.1, -0.05) is 43.2 Å². The molecule has 40 heavy (non-hydrogen) atoms. The average Bonchev–Trinajstić information content (AvgIpc) is 3.62. The topological polar surface area (TPSA) is 97.5 Å². The Morgan fingerprint density at radius 1 is 1.05 bits per heavy atom. The van der Waals surface area contributed by atoms with Crippen molar-refractivity contribution in [2.24, 2.45) is 0 Å². The molecule has 9 heteroatoms. The minimum absolute atomic E-state index is 0.0561. The number of hydrogen-bond donors (Lipinski definition) is 2. The monoisotopic (exact) mass is 558 g/mol. The Labute approximate surface area is 236 Å². The molecule has 0 saturated heterocycles.